The predicted molar refractivity (Wildman–Crippen MR) is 88.8 cm³/mol. The van der Waals surface area contributed by atoms with Gasteiger partial charge in [-0.25, -0.2) is 0 Å². The maximum absolute atomic E-state index is 5.84. The Morgan fingerprint density at radius 3 is 2.48 bits per heavy atom. The minimum absolute atomic E-state index is 0.508. The Bertz CT molecular complexity index is 548. The van der Waals surface area contributed by atoms with Gasteiger partial charge in [0.15, 0.2) is 0 Å². The van der Waals surface area contributed by atoms with Crippen molar-refractivity contribution in [2.45, 2.75) is 39.8 Å². The second-order valence-corrected chi connectivity index (χ2v) is 5.58. The second-order valence-electron chi connectivity index (χ2n) is 5.58. The summed E-state index contributed by atoms with van der Waals surface area (Å²) in [6.07, 6.45) is 1.05. The topological polar surface area (TPSA) is 21.3 Å². The first-order valence-corrected chi connectivity index (χ1v) is 7.68. The quantitative estimate of drug-likeness (QED) is 0.825. The number of benzene rings is 2. The monoisotopic (exact) mass is 283 g/mol. The van der Waals surface area contributed by atoms with Crippen molar-refractivity contribution in [2.75, 3.05) is 6.54 Å². The number of rotatable bonds is 7. The van der Waals surface area contributed by atoms with Crippen LogP contribution in [0, 0.1) is 6.92 Å². The Hall–Kier alpha value is -1.80. The van der Waals surface area contributed by atoms with E-state index >= 15 is 0 Å². The maximum atomic E-state index is 5.84. The van der Waals surface area contributed by atoms with Crippen LogP contribution in [0.1, 0.15) is 30.5 Å². The first-order chi connectivity index (χ1) is 10.2. The highest BCUT2D eigenvalue weighted by Gasteiger charge is 2.02. The lowest BCUT2D eigenvalue weighted by atomic mass is 10.1. The lowest BCUT2D eigenvalue weighted by Gasteiger charge is -2.13. The molecule has 0 spiro atoms. The SMILES string of the molecule is CCNC(C)Cc1ccc(OCc2cccc(C)c2)cc1. The molecule has 2 aromatic rings. The maximum Gasteiger partial charge on any atom is 0.119 e. The van der Waals surface area contributed by atoms with Gasteiger partial charge in [-0.3, -0.25) is 0 Å². The predicted octanol–water partition coefficient (Wildman–Crippen LogP) is 4.11. The van der Waals surface area contributed by atoms with E-state index in [1.54, 1.807) is 0 Å². The lowest BCUT2D eigenvalue weighted by molar-refractivity contribution is 0.306. The molecule has 1 atom stereocenters. The third kappa shape index (κ3) is 5.24. The van der Waals surface area contributed by atoms with Gasteiger partial charge < -0.3 is 10.1 Å². The summed E-state index contributed by atoms with van der Waals surface area (Å²) in [5.74, 6) is 0.927. The Kier molecular flexibility index (Phi) is 5.82. The molecule has 1 N–H and O–H groups in total. The van der Waals surface area contributed by atoms with Crippen molar-refractivity contribution < 1.29 is 4.74 Å². The molecule has 2 heteroatoms. The van der Waals surface area contributed by atoms with Gasteiger partial charge in [0.2, 0.25) is 0 Å². The highest BCUT2D eigenvalue weighted by Crippen LogP contribution is 2.15. The number of hydrogen-bond acceptors (Lipinski definition) is 2. The van der Waals surface area contributed by atoms with Crippen LogP contribution >= 0.6 is 0 Å². The first kappa shape index (κ1) is 15.6. The van der Waals surface area contributed by atoms with E-state index in [2.05, 4.69) is 74.6 Å². The van der Waals surface area contributed by atoms with Gasteiger partial charge in [0.25, 0.3) is 0 Å². The summed E-state index contributed by atoms with van der Waals surface area (Å²) in [5, 5.41) is 3.43. The molecule has 0 saturated carbocycles. The minimum atomic E-state index is 0.508. The minimum Gasteiger partial charge on any atom is -0.489 e. The van der Waals surface area contributed by atoms with Crippen molar-refractivity contribution in [1.29, 1.82) is 0 Å². The third-order valence-corrected chi connectivity index (χ3v) is 3.51. The molecule has 0 aliphatic carbocycles. The largest absolute Gasteiger partial charge is 0.489 e. The molecule has 0 aliphatic rings. The van der Waals surface area contributed by atoms with Crippen LogP contribution in [0.3, 0.4) is 0 Å². The van der Waals surface area contributed by atoms with Crippen LogP contribution in [0.25, 0.3) is 0 Å². The van der Waals surface area contributed by atoms with Crippen molar-refractivity contribution in [2.24, 2.45) is 0 Å². The van der Waals surface area contributed by atoms with E-state index in [4.69, 9.17) is 4.74 Å². The van der Waals surface area contributed by atoms with Crippen LogP contribution in [0.4, 0.5) is 0 Å². The van der Waals surface area contributed by atoms with Crippen molar-refractivity contribution in [3.63, 3.8) is 0 Å². The van der Waals surface area contributed by atoms with Gasteiger partial charge in [-0.15, -0.1) is 0 Å². The van der Waals surface area contributed by atoms with Gasteiger partial charge in [-0.2, -0.15) is 0 Å². The molecule has 2 aromatic carbocycles. The van der Waals surface area contributed by atoms with E-state index < -0.39 is 0 Å². The third-order valence-electron chi connectivity index (χ3n) is 3.51. The van der Waals surface area contributed by atoms with Gasteiger partial charge in [-0.1, -0.05) is 48.9 Å². The number of likely N-dealkylation sites (N-methyl/N-ethyl adjacent to an activating group) is 1. The Morgan fingerprint density at radius 1 is 1.05 bits per heavy atom. The van der Waals surface area contributed by atoms with Crippen LogP contribution in [0.15, 0.2) is 48.5 Å². The summed E-state index contributed by atoms with van der Waals surface area (Å²) >= 11 is 0. The Labute approximate surface area is 128 Å². The van der Waals surface area contributed by atoms with Gasteiger partial charge in [0.05, 0.1) is 0 Å². The van der Waals surface area contributed by atoms with Crippen molar-refractivity contribution in [3.8, 4) is 5.75 Å². The zero-order valence-corrected chi connectivity index (χ0v) is 13.2. The number of nitrogens with one attached hydrogen (secondary N) is 1. The van der Waals surface area contributed by atoms with Gasteiger partial charge in [0, 0.05) is 6.04 Å². The van der Waals surface area contributed by atoms with Gasteiger partial charge in [0.1, 0.15) is 12.4 Å². The van der Waals surface area contributed by atoms with Gasteiger partial charge >= 0.3 is 0 Å². The molecule has 0 fully saturated rings. The molecule has 0 amide bonds. The van der Waals surface area contributed by atoms with E-state index in [1.165, 1.54) is 16.7 Å². The summed E-state index contributed by atoms with van der Waals surface area (Å²) in [4.78, 5) is 0. The van der Waals surface area contributed by atoms with Crippen LogP contribution in [0.2, 0.25) is 0 Å². The molecule has 0 aromatic heterocycles. The zero-order valence-electron chi connectivity index (χ0n) is 13.2. The van der Waals surface area contributed by atoms with E-state index in [1.807, 2.05) is 0 Å². The average Bonchev–Trinajstić information content (AvgIpc) is 2.47. The number of hydrogen-bond donors (Lipinski definition) is 1. The summed E-state index contributed by atoms with van der Waals surface area (Å²) in [6, 6.07) is 17.4. The highest BCUT2D eigenvalue weighted by atomic mass is 16.5. The molecule has 2 nitrogen and oxygen atoms in total. The summed E-state index contributed by atoms with van der Waals surface area (Å²) in [7, 11) is 0. The van der Waals surface area contributed by atoms with Gasteiger partial charge in [-0.05, 0) is 50.1 Å². The van der Waals surface area contributed by atoms with Crippen LogP contribution in [0.5, 0.6) is 5.75 Å². The first-order valence-electron chi connectivity index (χ1n) is 7.68. The van der Waals surface area contributed by atoms with E-state index in [-0.39, 0.29) is 0 Å². The molecule has 1 unspecified atom stereocenters. The number of aryl methyl sites for hydroxylation is 1. The van der Waals surface area contributed by atoms with Crippen molar-refractivity contribution in [1.82, 2.24) is 5.32 Å². The zero-order chi connectivity index (χ0) is 15.1. The molecular weight excluding hydrogens is 258 g/mol. The standard InChI is InChI=1S/C19H25NO/c1-4-20-16(3)13-17-8-10-19(11-9-17)21-14-18-7-5-6-15(2)12-18/h5-12,16,20H,4,13-14H2,1-3H3. The van der Waals surface area contributed by atoms with Crippen molar-refractivity contribution in [3.05, 3.63) is 65.2 Å². The second kappa shape index (κ2) is 7.84. The van der Waals surface area contributed by atoms with Crippen LogP contribution in [-0.2, 0) is 13.0 Å². The summed E-state index contributed by atoms with van der Waals surface area (Å²) < 4.78 is 5.84. The van der Waals surface area contributed by atoms with Crippen LogP contribution < -0.4 is 10.1 Å². The molecule has 0 aliphatic heterocycles. The normalized spacial score (nSPS) is 12.1. The number of ether oxygens (including phenoxy) is 1. The smallest absolute Gasteiger partial charge is 0.119 e. The fourth-order valence-corrected chi connectivity index (χ4v) is 2.46. The molecule has 0 heterocycles. The average molecular weight is 283 g/mol. The molecule has 21 heavy (non-hydrogen) atoms. The van der Waals surface area contributed by atoms with E-state index in [0.29, 0.717) is 12.6 Å². The lowest BCUT2D eigenvalue weighted by Crippen LogP contribution is -2.27. The molecule has 112 valence electrons. The highest BCUT2D eigenvalue weighted by molar-refractivity contribution is 5.28. The molecule has 0 radical (unpaired) electrons. The van der Waals surface area contributed by atoms with Crippen molar-refractivity contribution >= 4 is 0 Å². The molecule has 0 bridgehead atoms. The summed E-state index contributed by atoms with van der Waals surface area (Å²) in [5.41, 5.74) is 3.81. The Balaban J connectivity index is 1.87. The summed E-state index contributed by atoms with van der Waals surface area (Å²) in [6.45, 7) is 8.09. The van der Waals surface area contributed by atoms with E-state index in [9.17, 15) is 0 Å². The fraction of sp³-hybridized carbons (Fsp3) is 0.368. The molecule has 0 saturated heterocycles. The molecular formula is C19H25NO. The fourth-order valence-electron chi connectivity index (χ4n) is 2.46. The van der Waals surface area contributed by atoms with E-state index in [0.717, 1.165) is 18.7 Å². The molecule has 2 rings (SSSR count). The van der Waals surface area contributed by atoms with Crippen LogP contribution in [-0.4, -0.2) is 12.6 Å². The Morgan fingerprint density at radius 2 is 1.81 bits per heavy atom.